The van der Waals surface area contributed by atoms with Crippen molar-refractivity contribution in [2.75, 3.05) is 26.7 Å². The maximum Gasteiger partial charge on any atom is 0.190 e. The molecular formula is C22H33N5O. The molecule has 6 nitrogen and oxygen atoms in total. The van der Waals surface area contributed by atoms with E-state index in [0.29, 0.717) is 5.92 Å². The highest BCUT2D eigenvalue weighted by molar-refractivity contribution is 5.79. The summed E-state index contributed by atoms with van der Waals surface area (Å²) in [6.07, 6.45) is 3.44. The van der Waals surface area contributed by atoms with Crippen LogP contribution < -0.4 is 10.6 Å². The molecule has 2 heterocycles. The zero-order valence-corrected chi connectivity index (χ0v) is 17.3. The second-order valence-electron chi connectivity index (χ2n) is 7.49. The first kappa shape index (κ1) is 20.4. The average Bonchev–Trinajstić information content (AvgIpc) is 3.05. The maximum absolute atomic E-state index is 6.09. The van der Waals surface area contributed by atoms with Crippen molar-refractivity contribution >= 4 is 5.96 Å². The third-order valence-electron chi connectivity index (χ3n) is 5.27. The minimum atomic E-state index is 0.159. The van der Waals surface area contributed by atoms with Gasteiger partial charge in [0.1, 0.15) is 0 Å². The van der Waals surface area contributed by atoms with Gasteiger partial charge in [-0.05, 0) is 44.7 Å². The largest absolute Gasteiger partial charge is 0.373 e. The van der Waals surface area contributed by atoms with Crippen molar-refractivity contribution in [2.45, 2.75) is 45.8 Å². The van der Waals surface area contributed by atoms with E-state index in [-0.39, 0.29) is 6.10 Å². The molecule has 2 atom stereocenters. The lowest BCUT2D eigenvalue weighted by Gasteiger charge is -2.32. The zero-order chi connectivity index (χ0) is 19.8. The van der Waals surface area contributed by atoms with Crippen molar-refractivity contribution in [3.8, 4) is 0 Å². The summed E-state index contributed by atoms with van der Waals surface area (Å²) in [5.74, 6) is 1.30. The predicted octanol–water partition coefficient (Wildman–Crippen LogP) is 3.22. The van der Waals surface area contributed by atoms with E-state index in [2.05, 4.69) is 68.7 Å². The molecule has 28 heavy (non-hydrogen) atoms. The molecule has 1 aliphatic rings. The van der Waals surface area contributed by atoms with Crippen molar-refractivity contribution in [3.05, 3.63) is 53.3 Å². The van der Waals surface area contributed by atoms with Gasteiger partial charge in [0.25, 0.3) is 0 Å². The highest BCUT2D eigenvalue weighted by Gasteiger charge is 2.27. The van der Waals surface area contributed by atoms with Gasteiger partial charge in [0.15, 0.2) is 5.96 Å². The number of aryl methyl sites for hydroxylation is 3. The first-order valence-corrected chi connectivity index (χ1v) is 10.3. The van der Waals surface area contributed by atoms with E-state index in [0.717, 1.165) is 50.7 Å². The fourth-order valence-electron chi connectivity index (χ4n) is 3.85. The van der Waals surface area contributed by atoms with Crippen LogP contribution in [-0.4, -0.2) is 42.5 Å². The van der Waals surface area contributed by atoms with E-state index >= 15 is 0 Å². The number of aromatic nitrogens is 2. The molecule has 0 amide bonds. The van der Waals surface area contributed by atoms with Gasteiger partial charge >= 0.3 is 0 Å². The Kier molecular flexibility index (Phi) is 7.48. The molecule has 1 aromatic carbocycles. The van der Waals surface area contributed by atoms with Crippen LogP contribution in [0.5, 0.6) is 0 Å². The van der Waals surface area contributed by atoms with Crippen LogP contribution in [0.1, 0.15) is 42.3 Å². The Balaban J connectivity index is 1.44. The minimum Gasteiger partial charge on any atom is -0.373 e. The van der Waals surface area contributed by atoms with E-state index in [1.165, 1.54) is 17.7 Å². The van der Waals surface area contributed by atoms with Crippen LogP contribution in [0, 0.1) is 19.8 Å². The number of ether oxygens (including phenoxy) is 1. The van der Waals surface area contributed by atoms with Crippen LogP contribution >= 0.6 is 0 Å². The Morgan fingerprint density at radius 2 is 2.07 bits per heavy atom. The maximum atomic E-state index is 6.09. The quantitative estimate of drug-likeness (QED) is 0.438. The first-order valence-electron chi connectivity index (χ1n) is 10.3. The lowest BCUT2D eigenvalue weighted by Crippen LogP contribution is -2.42. The molecule has 0 bridgehead atoms. The summed E-state index contributed by atoms with van der Waals surface area (Å²) in [5.41, 5.74) is 3.55. The Morgan fingerprint density at radius 3 is 2.79 bits per heavy atom. The first-order chi connectivity index (χ1) is 13.7. The van der Waals surface area contributed by atoms with Crippen LogP contribution in [0.15, 0.2) is 41.4 Å². The van der Waals surface area contributed by atoms with Crippen LogP contribution in [0.2, 0.25) is 0 Å². The van der Waals surface area contributed by atoms with E-state index in [4.69, 9.17) is 4.74 Å². The normalized spacial score (nSPS) is 20.2. The lowest BCUT2D eigenvalue weighted by atomic mass is 9.89. The highest BCUT2D eigenvalue weighted by Crippen LogP contribution is 2.32. The SMILES string of the molecule is CN=C(NCCCn1nc(C)cc1C)NCC1CCCOC1c1ccccc1. The molecular weight excluding hydrogens is 350 g/mol. The van der Waals surface area contributed by atoms with Gasteiger partial charge in [0.2, 0.25) is 0 Å². The molecule has 3 rings (SSSR count). The second-order valence-corrected chi connectivity index (χ2v) is 7.49. The van der Waals surface area contributed by atoms with Gasteiger partial charge in [-0.15, -0.1) is 0 Å². The number of aliphatic imine (C=N–C) groups is 1. The summed E-state index contributed by atoms with van der Waals surface area (Å²) in [6.45, 7) is 7.61. The second kappa shape index (κ2) is 10.3. The molecule has 1 aliphatic heterocycles. The zero-order valence-electron chi connectivity index (χ0n) is 17.3. The molecule has 0 spiro atoms. The molecule has 2 aromatic rings. The lowest BCUT2D eigenvalue weighted by molar-refractivity contribution is -0.0265. The fraction of sp³-hybridized carbons (Fsp3) is 0.545. The molecule has 2 N–H and O–H groups in total. The fourth-order valence-corrected chi connectivity index (χ4v) is 3.85. The summed E-state index contributed by atoms with van der Waals surface area (Å²) in [5, 5.41) is 11.4. The van der Waals surface area contributed by atoms with E-state index in [1.54, 1.807) is 0 Å². The van der Waals surface area contributed by atoms with Crippen LogP contribution in [-0.2, 0) is 11.3 Å². The molecule has 2 unspecified atom stereocenters. The van der Waals surface area contributed by atoms with E-state index in [9.17, 15) is 0 Å². The molecule has 0 radical (unpaired) electrons. The Morgan fingerprint density at radius 1 is 1.25 bits per heavy atom. The summed E-state index contributed by atoms with van der Waals surface area (Å²) in [7, 11) is 1.82. The van der Waals surface area contributed by atoms with Crippen molar-refractivity contribution in [3.63, 3.8) is 0 Å². The average molecular weight is 384 g/mol. The molecule has 1 saturated heterocycles. The van der Waals surface area contributed by atoms with Gasteiger partial charge in [-0.25, -0.2) is 0 Å². The van der Waals surface area contributed by atoms with Crippen molar-refractivity contribution < 1.29 is 4.74 Å². The van der Waals surface area contributed by atoms with Gasteiger partial charge in [0, 0.05) is 44.9 Å². The molecule has 0 saturated carbocycles. The van der Waals surface area contributed by atoms with Crippen LogP contribution in [0.3, 0.4) is 0 Å². The number of guanidine groups is 1. The highest BCUT2D eigenvalue weighted by atomic mass is 16.5. The van der Waals surface area contributed by atoms with Gasteiger partial charge in [-0.2, -0.15) is 5.10 Å². The molecule has 6 heteroatoms. The summed E-state index contributed by atoms with van der Waals surface area (Å²) >= 11 is 0. The standard InChI is InChI=1S/C22H33N5O/c1-17-15-18(2)27(26-17)13-8-12-24-22(23-3)25-16-20-11-7-14-28-21(20)19-9-5-4-6-10-19/h4-6,9-10,15,20-21H,7-8,11-14,16H2,1-3H3,(H2,23,24,25). The number of hydrogen-bond donors (Lipinski definition) is 2. The smallest absolute Gasteiger partial charge is 0.190 e. The third kappa shape index (κ3) is 5.58. The number of nitrogens with zero attached hydrogens (tertiary/aromatic N) is 3. The minimum absolute atomic E-state index is 0.159. The molecule has 152 valence electrons. The van der Waals surface area contributed by atoms with Crippen molar-refractivity contribution in [1.29, 1.82) is 0 Å². The van der Waals surface area contributed by atoms with Gasteiger partial charge in [0.05, 0.1) is 11.8 Å². The number of hydrogen-bond acceptors (Lipinski definition) is 3. The van der Waals surface area contributed by atoms with Crippen LogP contribution in [0.25, 0.3) is 0 Å². The summed E-state index contributed by atoms with van der Waals surface area (Å²) < 4.78 is 8.16. The Bertz CT molecular complexity index is 756. The van der Waals surface area contributed by atoms with E-state index in [1.807, 2.05) is 14.0 Å². The number of nitrogens with one attached hydrogen (secondary N) is 2. The number of rotatable bonds is 7. The summed E-state index contributed by atoms with van der Waals surface area (Å²) in [6, 6.07) is 12.7. The monoisotopic (exact) mass is 383 g/mol. The van der Waals surface area contributed by atoms with Crippen molar-refractivity contribution in [2.24, 2.45) is 10.9 Å². The Labute approximate surface area is 168 Å². The van der Waals surface area contributed by atoms with E-state index < -0.39 is 0 Å². The predicted molar refractivity (Wildman–Crippen MR) is 114 cm³/mol. The van der Waals surface area contributed by atoms with Gasteiger partial charge in [-0.1, -0.05) is 30.3 Å². The Hall–Kier alpha value is -2.34. The summed E-state index contributed by atoms with van der Waals surface area (Å²) in [4.78, 5) is 4.37. The van der Waals surface area contributed by atoms with Crippen LogP contribution in [0.4, 0.5) is 0 Å². The molecule has 1 fully saturated rings. The third-order valence-corrected chi connectivity index (χ3v) is 5.27. The number of benzene rings is 1. The molecule has 0 aliphatic carbocycles. The van der Waals surface area contributed by atoms with Crippen molar-refractivity contribution in [1.82, 2.24) is 20.4 Å². The molecule has 1 aromatic heterocycles. The topological polar surface area (TPSA) is 63.5 Å². The van der Waals surface area contributed by atoms with Gasteiger partial charge in [-0.3, -0.25) is 9.67 Å². The van der Waals surface area contributed by atoms with Gasteiger partial charge < -0.3 is 15.4 Å².